The van der Waals surface area contributed by atoms with Gasteiger partial charge in [-0.2, -0.15) is 5.10 Å². The molecule has 0 spiro atoms. The van der Waals surface area contributed by atoms with Crippen molar-refractivity contribution < 1.29 is 27.4 Å². The van der Waals surface area contributed by atoms with Crippen molar-refractivity contribution in [2.24, 2.45) is 7.05 Å². The Hall–Kier alpha value is -2.51. The van der Waals surface area contributed by atoms with Gasteiger partial charge >= 0.3 is 12.3 Å². The minimum atomic E-state index is -4.78. The zero-order valence-corrected chi connectivity index (χ0v) is 11.1. The molecular weight excluding hydrogens is 289 g/mol. The molecule has 0 fully saturated rings. The number of nitrogens with zero attached hydrogens (tertiary/aromatic N) is 2. The summed E-state index contributed by atoms with van der Waals surface area (Å²) in [6, 6.07) is 5.29. The van der Waals surface area contributed by atoms with E-state index in [1.54, 1.807) is 13.1 Å². The molecular formula is C13H11F3N2O3. The van der Waals surface area contributed by atoms with Crippen molar-refractivity contribution in [2.45, 2.75) is 6.36 Å². The van der Waals surface area contributed by atoms with E-state index in [9.17, 15) is 18.0 Å². The fraction of sp³-hybridized carbons (Fsp3) is 0.231. The van der Waals surface area contributed by atoms with Crippen LogP contribution in [0.2, 0.25) is 0 Å². The molecule has 21 heavy (non-hydrogen) atoms. The molecule has 0 unspecified atom stereocenters. The van der Waals surface area contributed by atoms with Crippen LogP contribution in [0.4, 0.5) is 13.2 Å². The molecule has 0 saturated carbocycles. The smallest absolute Gasteiger partial charge is 0.464 e. The average Bonchev–Trinajstić information content (AvgIpc) is 2.78. The number of carbonyl (C=O) groups excluding carboxylic acids is 1. The molecule has 0 aliphatic carbocycles. The monoisotopic (exact) mass is 300 g/mol. The number of rotatable bonds is 3. The number of ether oxygens (including phenoxy) is 2. The van der Waals surface area contributed by atoms with Crippen molar-refractivity contribution in [2.75, 3.05) is 7.11 Å². The van der Waals surface area contributed by atoms with Crippen molar-refractivity contribution in [1.82, 2.24) is 9.78 Å². The molecule has 5 nitrogen and oxygen atoms in total. The van der Waals surface area contributed by atoms with Crippen molar-refractivity contribution in [3.8, 4) is 16.9 Å². The van der Waals surface area contributed by atoms with E-state index in [2.05, 4.69) is 14.6 Å². The lowest BCUT2D eigenvalue weighted by atomic mass is 10.1. The number of aryl methyl sites for hydroxylation is 1. The predicted molar refractivity (Wildman–Crippen MR) is 66.7 cm³/mol. The van der Waals surface area contributed by atoms with Crippen LogP contribution in [0.3, 0.4) is 0 Å². The highest BCUT2D eigenvalue weighted by Crippen LogP contribution is 2.29. The first-order valence-electron chi connectivity index (χ1n) is 5.78. The maximum absolute atomic E-state index is 12.2. The molecule has 8 heteroatoms. The summed E-state index contributed by atoms with van der Waals surface area (Å²) >= 11 is 0. The first-order valence-corrected chi connectivity index (χ1v) is 5.78. The second-order valence-corrected chi connectivity index (χ2v) is 4.13. The summed E-state index contributed by atoms with van der Waals surface area (Å²) in [6.45, 7) is 0. The molecule has 112 valence electrons. The number of esters is 1. The first-order chi connectivity index (χ1) is 9.80. The van der Waals surface area contributed by atoms with Gasteiger partial charge in [0.2, 0.25) is 0 Å². The van der Waals surface area contributed by atoms with Crippen molar-refractivity contribution in [3.63, 3.8) is 0 Å². The standard InChI is InChI=1S/C13H11F3N2O3/c1-18-7-10(11(17-18)12(19)20-2)8-4-3-5-9(6-8)21-13(14,15)16/h3-7H,1-2H3. The predicted octanol–water partition coefficient (Wildman–Crippen LogP) is 2.77. The molecule has 2 rings (SSSR count). The number of halogens is 3. The Kier molecular flexibility index (Phi) is 3.88. The van der Waals surface area contributed by atoms with Gasteiger partial charge in [-0.05, 0) is 17.7 Å². The maximum Gasteiger partial charge on any atom is 0.573 e. The number of benzene rings is 1. The lowest BCUT2D eigenvalue weighted by Crippen LogP contribution is -2.17. The molecule has 0 saturated heterocycles. The molecule has 0 atom stereocenters. The van der Waals surface area contributed by atoms with Gasteiger partial charge in [-0.15, -0.1) is 13.2 Å². The van der Waals surface area contributed by atoms with E-state index in [4.69, 9.17) is 0 Å². The van der Waals surface area contributed by atoms with Crippen LogP contribution < -0.4 is 4.74 Å². The van der Waals surface area contributed by atoms with E-state index >= 15 is 0 Å². The number of methoxy groups -OCH3 is 1. The Bertz CT molecular complexity index is 665. The third-order valence-corrected chi connectivity index (χ3v) is 2.59. The van der Waals surface area contributed by atoms with Gasteiger partial charge in [0.1, 0.15) is 5.75 Å². The van der Waals surface area contributed by atoms with Gasteiger partial charge < -0.3 is 9.47 Å². The fourth-order valence-corrected chi connectivity index (χ4v) is 1.81. The summed E-state index contributed by atoms with van der Waals surface area (Å²) in [6.07, 6.45) is -3.27. The van der Waals surface area contributed by atoms with E-state index in [1.807, 2.05) is 0 Å². The first kappa shape index (κ1) is 14.9. The topological polar surface area (TPSA) is 53.3 Å². The lowest BCUT2D eigenvalue weighted by Gasteiger charge is -2.09. The highest BCUT2D eigenvalue weighted by Gasteiger charge is 2.31. The average molecular weight is 300 g/mol. The molecule has 0 bridgehead atoms. The molecule has 0 aliphatic rings. The van der Waals surface area contributed by atoms with Crippen molar-refractivity contribution >= 4 is 5.97 Å². The summed E-state index contributed by atoms with van der Waals surface area (Å²) in [5.74, 6) is -1.05. The second-order valence-electron chi connectivity index (χ2n) is 4.13. The van der Waals surface area contributed by atoms with E-state index < -0.39 is 12.3 Å². The van der Waals surface area contributed by atoms with Crippen molar-refractivity contribution in [3.05, 3.63) is 36.2 Å². The Morgan fingerprint density at radius 3 is 2.67 bits per heavy atom. The minimum Gasteiger partial charge on any atom is -0.464 e. The molecule has 0 aliphatic heterocycles. The van der Waals surface area contributed by atoms with Gasteiger partial charge in [-0.25, -0.2) is 4.79 Å². The molecule has 1 heterocycles. The summed E-state index contributed by atoms with van der Waals surface area (Å²) < 4.78 is 46.5. The largest absolute Gasteiger partial charge is 0.573 e. The van der Waals surface area contributed by atoms with E-state index in [0.29, 0.717) is 11.1 Å². The van der Waals surface area contributed by atoms with E-state index in [0.717, 1.165) is 0 Å². The van der Waals surface area contributed by atoms with Crippen LogP contribution >= 0.6 is 0 Å². The lowest BCUT2D eigenvalue weighted by molar-refractivity contribution is -0.274. The minimum absolute atomic E-state index is 0.0177. The highest BCUT2D eigenvalue weighted by atomic mass is 19.4. The van der Waals surface area contributed by atoms with E-state index in [-0.39, 0.29) is 11.4 Å². The summed E-state index contributed by atoms with van der Waals surface area (Å²) in [4.78, 5) is 11.6. The molecule has 0 radical (unpaired) electrons. The van der Waals surface area contributed by atoms with Gasteiger partial charge in [0.15, 0.2) is 5.69 Å². The Labute approximate surface area is 117 Å². The fourth-order valence-electron chi connectivity index (χ4n) is 1.81. The van der Waals surface area contributed by atoms with Crippen molar-refractivity contribution in [1.29, 1.82) is 0 Å². The summed E-state index contributed by atoms with van der Waals surface area (Å²) in [7, 11) is 2.79. The molecule has 2 aromatic rings. The SMILES string of the molecule is COC(=O)c1nn(C)cc1-c1cccc(OC(F)(F)F)c1. The zero-order chi connectivity index (χ0) is 15.6. The Balaban J connectivity index is 2.43. The van der Waals surface area contributed by atoms with Crippen LogP contribution in [0.1, 0.15) is 10.5 Å². The van der Waals surface area contributed by atoms with Gasteiger partial charge in [-0.3, -0.25) is 4.68 Å². The highest BCUT2D eigenvalue weighted by molar-refractivity contribution is 5.95. The number of carbonyl (C=O) groups is 1. The zero-order valence-electron chi connectivity index (χ0n) is 11.1. The third-order valence-electron chi connectivity index (χ3n) is 2.59. The van der Waals surface area contributed by atoms with Crippen LogP contribution in [0.25, 0.3) is 11.1 Å². The summed E-state index contributed by atoms with van der Waals surface area (Å²) in [5.41, 5.74) is 0.742. The Morgan fingerprint density at radius 1 is 1.33 bits per heavy atom. The molecule has 0 amide bonds. The molecule has 1 aromatic carbocycles. The van der Waals surface area contributed by atoms with E-state index in [1.165, 1.54) is 36.2 Å². The van der Waals surface area contributed by atoms with Crippen LogP contribution in [0.15, 0.2) is 30.5 Å². The second kappa shape index (κ2) is 5.47. The maximum atomic E-state index is 12.2. The van der Waals surface area contributed by atoms with Crippen LogP contribution in [-0.2, 0) is 11.8 Å². The number of hydrogen-bond donors (Lipinski definition) is 0. The number of alkyl halides is 3. The van der Waals surface area contributed by atoms with Gasteiger partial charge in [0.05, 0.1) is 7.11 Å². The third kappa shape index (κ3) is 3.53. The quantitative estimate of drug-likeness (QED) is 0.818. The normalized spacial score (nSPS) is 11.3. The van der Waals surface area contributed by atoms with Crippen LogP contribution in [0.5, 0.6) is 5.75 Å². The van der Waals surface area contributed by atoms with Gasteiger partial charge in [0, 0.05) is 18.8 Å². The Morgan fingerprint density at radius 2 is 2.05 bits per heavy atom. The van der Waals surface area contributed by atoms with Crippen LogP contribution in [-0.4, -0.2) is 29.2 Å². The van der Waals surface area contributed by atoms with Gasteiger partial charge in [0.25, 0.3) is 0 Å². The molecule has 1 aromatic heterocycles. The van der Waals surface area contributed by atoms with Gasteiger partial charge in [-0.1, -0.05) is 12.1 Å². The molecule has 0 N–H and O–H groups in total. The summed E-state index contributed by atoms with van der Waals surface area (Å²) in [5, 5.41) is 3.94. The number of aromatic nitrogens is 2. The van der Waals surface area contributed by atoms with Crippen LogP contribution in [0, 0.1) is 0 Å². The number of hydrogen-bond acceptors (Lipinski definition) is 4.